The van der Waals surface area contributed by atoms with Crippen LogP contribution in [0.15, 0.2) is 23.2 Å². The van der Waals surface area contributed by atoms with Gasteiger partial charge in [0.05, 0.1) is 5.02 Å². The van der Waals surface area contributed by atoms with E-state index in [1.807, 2.05) is 0 Å². The number of carbonyl (C=O) groups is 1. The molecule has 3 N–H and O–H groups in total. The van der Waals surface area contributed by atoms with Crippen LogP contribution < -0.4 is 5.48 Å². The maximum Gasteiger partial charge on any atom is 0.271 e. The zero-order valence-corrected chi connectivity index (χ0v) is 10.7. The first-order chi connectivity index (χ1) is 9.60. The number of rotatable bonds is 2. The Hall–Kier alpha value is -2.12. The summed E-state index contributed by atoms with van der Waals surface area (Å²) in [6.07, 6.45) is 0. The van der Waals surface area contributed by atoms with E-state index >= 15 is 0 Å². The molecular weight excluding hydrogens is 289 g/mol. The first-order valence-electron chi connectivity index (χ1n) is 5.72. The minimum atomic E-state index is -0.839. The number of H-pyrrole nitrogens is 1. The molecule has 2 heterocycles. The SMILES string of the molecule is O=C(NO)[C@H]1COC(c2[nH]c3ccc(F)cc3c2Cl)=N1. The fourth-order valence-electron chi connectivity index (χ4n) is 2.00. The van der Waals surface area contributed by atoms with Crippen molar-refractivity contribution in [1.82, 2.24) is 10.5 Å². The van der Waals surface area contributed by atoms with Gasteiger partial charge in [-0.25, -0.2) is 14.9 Å². The standard InChI is InChI=1S/C12H9ClFN3O3/c13-9-6-3-5(14)1-2-7(6)15-10(9)12-16-8(4-20-12)11(18)17-19/h1-3,8,15,19H,4H2,(H,17,18)/t8-/m1/s1. The van der Waals surface area contributed by atoms with Crippen LogP contribution in [0.25, 0.3) is 10.9 Å². The summed E-state index contributed by atoms with van der Waals surface area (Å²) >= 11 is 6.16. The number of hydrogen-bond donors (Lipinski definition) is 3. The second-order valence-corrected chi connectivity index (χ2v) is 4.62. The van der Waals surface area contributed by atoms with Gasteiger partial charge in [-0.2, -0.15) is 0 Å². The van der Waals surface area contributed by atoms with Crippen molar-refractivity contribution >= 4 is 34.3 Å². The van der Waals surface area contributed by atoms with Crippen LogP contribution >= 0.6 is 11.6 Å². The maximum atomic E-state index is 13.2. The molecule has 0 radical (unpaired) electrons. The van der Waals surface area contributed by atoms with Crippen molar-refractivity contribution in [2.24, 2.45) is 4.99 Å². The van der Waals surface area contributed by atoms with Crippen LogP contribution in [0.2, 0.25) is 5.02 Å². The minimum absolute atomic E-state index is 0.00177. The monoisotopic (exact) mass is 297 g/mol. The third-order valence-corrected chi connectivity index (χ3v) is 3.37. The molecule has 1 aliphatic heterocycles. The maximum absolute atomic E-state index is 13.2. The average Bonchev–Trinajstić information content (AvgIpc) is 3.04. The summed E-state index contributed by atoms with van der Waals surface area (Å²) in [4.78, 5) is 18.2. The lowest BCUT2D eigenvalue weighted by molar-refractivity contribution is -0.130. The summed E-state index contributed by atoms with van der Waals surface area (Å²) in [6.45, 7) is 0.00177. The summed E-state index contributed by atoms with van der Waals surface area (Å²) in [6, 6.07) is 3.31. The molecule has 1 aliphatic rings. The number of aliphatic imine (C=N–C) groups is 1. The fourth-order valence-corrected chi connectivity index (χ4v) is 2.28. The van der Waals surface area contributed by atoms with Crippen molar-refractivity contribution in [3.8, 4) is 0 Å². The molecule has 0 unspecified atom stereocenters. The largest absolute Gasteiger partial charge is 0.474 e. The Balaban J connectivity index is 2.03. The van der Waals surface area contributed by atoms with Gasteiger partial charge in [0.15, 0.2) is 6.04 Å². The minimum Gasteiger partial charge on any atom is -0.474 e. The van der Waals surface area contributed by atoms with Crippen LogP contribution in [-0.4, -0.2) is 34.6 Å². The molecule has 1 aromatic heterocycles. The molecule has 20 heavy (non-hydrogen) atoms. The highest BCUT2D eigenvalue weighted by molar-refractivity contribution is 6.38. The van der Waals surface area contributed by atoms with Gasteiger partial charge in [-0.15, -0.1) is 0 Å². The number of nitrogens with zero attached hydrogens (tertiary/aromatic N) is 1. The van der Waals surface area contributed by atoms with Gasteiger partial charge in [0, 0.05) is 10.9 Å². The molecule has 2 aromatic rings. The van der Waals surface area contributed by atoms with Gasteiger partial charge in [0.25, 0.3) is 5.91 Å². The van der Waals surface area contributed by atoms with Gasteiger partial charge >= 0.3 is 0 Å². The quantitative estimate of drug-likeness (QED) is 0.581. The van der Waals surface area contributed by atoms with Gasteiger partial charge in [-0.05, 0) is 18.2 Å². The second-order valence-electron chi connectivity index (χ2n) is 4.24. The molecule has 8 heteroatoms. The molecule has 0 spiro atoms. The number of ether oxygens (including phenoxy) is 1. The average molecular weight is 298 g/mol. The van der Waals surface area contributed by atoms with Gasteiger partial charge < -0.3 is 9.72 Å². The van der Waals surface area contributed by atoms with E-state index < -0.39 is 17.8 Å². The summed E-state index contributed by atoms with van der Waals surface area (Å²) < 4.78 is 18.5. The Morgan fingerprint density at radius 1 is 1.60 bits per heavy atom. The lowest BCUT2D eigenvalue weighted by Crippen LogP contribution is -2.31. The van der Waals surface area contributed by atoms with Crippen molar-refractivity contribution in [2.75, 3.05) is 6.61 Å². The van der Waals surface area contributed by atoms with Crippen LogP contribution in [0, 0.1) is 5.82 Å². The van der Waals surface area contributed by atoms with Crippen molar-refractivity contribution in [3.63, 3.8) is 0 Å². The summed E-state index contributed by atoms with van der Waals surface area (Å²) in [5.74, 6) is -0.921. The summed E-state index contributed by atoms with van der Waals surface area (Å²) in [5.41, 5.74) is 2.52. The van der Waals surface area contributed by atoms with Crippen molar-refractivity contribution in [3.05, 3.63) is 34.7 Å². The molecule has 104 valence electrons. The summed E-state index contributed by atoms with van der Waals surface area (Å²) in [5, 5.41) is 9.32. The molecule has 3 rings (SSSR count). The molecular formula is C12H9ClFN3O3. The third-order valence-electron chi connectivity index (χ3n) is 2.97. The predicted molar refractivity (Wildman–Crippen MR) is 69.5 cm³/mol. The highest BCUT2D eigenvalue weighted by atomic mass is 35.5. The lowest BCUT2D eigenvalue weighted by Gasteiger charge is -2.00. The van der Waals surface area contributed by atoms with Crippen LogP contribution in [0.3, 0.4) is 0 Å². The number of halogens is 2. The number of amides is 1. The zero-order chi connectivity index (χ0) is 14.3. The molecule has 0 aliphatic carbocycles. The molecule has 6 nitrogen and oxygen atoms in total. The molecule has 0 saturated heterocycles. The van der Waals surface area contributed by atoms with Crippen LogP contribution in [0.5, 0.6) is 0 Å². The van der Waals surface area contributed by atoms with Gasteiger partial charge in [-0.1, -0.05) is 11.6 Å². The normalized spacial score (nSPS) is 17.9. The number of carbonyl (C=O) groups excluding carboxylic acids is 1. The number of fused-ring (bicyclic) bond motifs is 1. The zero-order valence-electron chi connectivity index (χ0n) is 9.98. The number of aromatic nitrogens is 1. The smallest absolute Gasteiger partial charge is 0.271 e. The van der Waals surface area contributed by atoms with E-state index in [0.29, 0.717) is 16.6 Å². The van der Waals surface area contributed by atoms with Crippen LogP contribution in [0.4, 0.5) is 4.39 Å². The van der Waals surface area contributed by atoms with Crippen LogP contribution in [-0.2, 0) is 9.53 Å². The van der Waals surface area contributed by atoms with Crippen LogP contribution in [0.1, 0.15) is 5.69 Å². The highest BCUT2D eigenvalue weighted by Crippen LogP contribution is 2.29. The van der Waals surface area contributed by atoms with E-state index in [2.05, 4.69) is 9.98 Å². The number of hydrogen-bond acceptors (Lipinski definition) is 4. The summed E-state index contributed by atoms with van der Waals surface area (Å²) in [7, 11) is 0. The Kier molecular flexibility index (Phi) is 3.07. The van der Waals surface area contributed by atoms with Crippen molar-refractivity contribution in [2.45, 2.75) is 6.04 Å². The second kappa shape index (κ2) is 4.77. The van der Waals surface area contributed by atoms with Gasteiger partial charge in [0.1, 0.15) is 18.1 Å². The molecule has 0 fully saturated rings. The molecule has 1 atom stereocenters. The first kappa shape index (κ1) is 12.9. The molecule has 0 saturated carbocycles. The number of hydroxylamine groups is 1. The third kappa shape index (κ3) is 2.00. The molecule has 1 amide bonds. The number of nitrogens with one attached hydrogen (secondary N) is 2. The van der Waals surface area contributed by atoms with E-state index in [-0.39, 0.29) is 17.5 Å². The van der Waals surface area contributed by atoms with E-state index in [9.17, 15) is 9.18 Å². The van der Waals surface area contributed by atoms with E-state index in [4.69, 9.17) is 21.5 Å². The van der Waals surface area contributed by atoms with E-state index in [0.717, 1.165) is 0 Å². The Morgan fingerprint density at radius 3 is 3.15 bits per heavy atom. The Labute approximate surface area is 117 Å². The van der Waals surface area contributed by atoms with Gasteiger partial charge in [-0.3, -0.25) is 10.0 Å². The predicted octanol–water partition coefficient (Wildman–Crippen LogP) is 1.61. The first-order valence-corrected chi connectivity index (χ1v) is 6.09. The fraction of sp³-hybridized carbons (Fsp3) is 0.167. The topological polar surface area (TPSA) is 86.7 Å². The molecule has 1 aromatic carbocycles. The number of benzene rings is 1. The van der Waals surface area contributed by atoms with Crippen molar-refractivity contribution in [1.29, 1.82) is 0 Å². The van der Waals surface area contributed by atoms with E-state index in [1.165, 1.54) is 17.6 Å². The molecule has 0 bridgehead atoms. The van der Waals surface area contributed by atoms with Gasteiger partial charge in [0.2, 0.25) is 5.90 Å². The van der Waals surface area contributed by atoms with E-state index in [1.54, 1.807) is 6.07 Å². The van der Waals surface area contributed by atoms with Crippen molar-refractivity contribution < 1.29 is 19.1 Å². The highest BCUT2D eigenvalue weighted by Gasteiger charge is 2.28. The Morgan fingerprint density at radius 2 is 2.40 bits per heavy atom. The number of aromatic amines is 1. The lowest BCUT2D eigenvalue weighted by atomic mass is 10.2. The Bertz CT molecular complexity index is 728.